The molecule has 16 heavy (non-hydrogen) atoms. The van der Waals surface area contributed by atoms with E-state index in [4.69, 9.17) is 6.42 Å². The summed E-state index contributed by atoms with van der Waals surface area (Å²) in [7, 11) is 0. The molecular weight excluding hydrogens is 196 g/mol. The van der Waals surface area contributed by atoms with Gasteiger partial charge in [-0.15, -0.1) is 6.42 Å². The predicted octanol–water partition coefficient (Wildman–Crippen LogP) is 2.13. The van der Waals surface area contributed by atoms with E-state index in [1.54, 1.807) is 12.4 Å². The van der Waals surface area contributed by atoms with Crippen LogP contribution >= 0.6 is 0 Å². The van der Waals surface area contributed by atoms with Crippen LogP contribution in [0, 0.1) is 24.2 Å². The summed E-state index contributed by atoms with van der Waals surface area (Å²) >= 11 is 0. The number of hydrogen-bond acceptors (Lipinski definition) is 2. The highest BCUT2D eigenvalue weighted by Crippen LogP contribution is 2.17. The van der Waals surface area contributed by atoms with Crippen LogP contribution in [0.1, 0.15) is 5.56 Å². The highest BCUT2D eigenvalue weighted by atomic mass is 14.8. The monoisotopic (exact) mass is 204 g/mol. The molecule has 0 bridgehead atoms. The normalized spacial score (nSPS) is 8.69. The van der Waals surface area contributed by atoms with E-state index in [-0.39, 0.29) is 0 Å². The first-order chi connectivity index (χ1) is 7.92. The van der Waals surface area contributed by atoms with Gasteiger partial charge in [-0.1, -0.05) is 12.0 Å². The maximum Gasteiger partial charge on any atom is 0.104 e. The lowest BCUT2D eigenvalue weighted by Gasteiger charge is -2.01. The van der Waals surface area contributed by atoms with Crippen molar-refractivity contribution >= 4 is 0 Å². The Kier molecular flexibility index (Phi) is 2.97. The minimum atomic E-state index is 0.755. The Morgan fingerprint density at radius 2 is 1.88 bits per heavy atom. The summed E-state index contributed by atoms with van der Waals surface area (Å²) in [6.45, 7) is 0. The molecular formula is C14H8N2. The van der Waals surface area contributed by atoms with Gasteiger partial charge in [-0.05, 0) is 36.1 Å². The molecule has 74 valence electrons. The summed E-state index contributed by atoms with van der Waals surface area (Å²) in [4.78, 5) is 8.50. The van der Waals surface area contributed by atoms with Crippen LogP contribution < -0.4 is 0 Å². The maximum absolute atomic E-state index is 5.11. The standard InChI is InChI=1S/C14H8N2/c1-2-3-7-12-8-6-11-16-14(12)13-9-4-5-10-15-13/h1,4-6,8-11H. The van der Waals surface area contributed by atoms with Gasteiger partial charge in [-0.25, -0.2) is 0 Å². The van der Waals surface area contributed by atoms with Crippen LogP contribution in [0.2, 0.25) is 0 Å². The summed E-state index contributed by atoms with van der Waals surface area (Å²) in [6.07, 6.45) is 8.54. The summed E-state index contributed by atoms with van der Waals surface area (Å²) in [6, 6.07) is 9.37. The highest BCUT2D eigenvalue weighted by molar-refractivity contribution is 5.63. The van der Waals surface area contributed by atoms with Crippen molar-refractivity contribution in [1.29, 1.82) is 0 Å². The van der Waals surface area contributed by atoms with Gasteiger partial charge in [0.2, 0.25) is 0 Å². The van der Waals surface area contributed by atoms with Gasteiger partial charge < -0.3 is 0 Å². The molecule has 2 heteroatoms. The fourth-order valence-electron chi connectivity index (χ4n) is 1.32. The number of nitrogens with zero attached hydrogens (tertiary/aromatic N) is 2. The largest absolute Gasteiger partial charge is 0.255 e. The van der Waals surface area contributed by atoms with E-state index in [0.29, 0.717) is 0 Å². The van der Waals surface area contributed by atoms with E-state index in [0.717, 1.165) is 17.0 Å². The van der Waals surface area contributed by atoms with Crippen LogP contribution in [-0.2, 0) is 0 Å². The molecule has 0 aromatic carbocycles. The summed E-state index contributed by atoms with van der Waals surface area (Å²) in [5.41, 5.74) is 2.34. The number of pyridine rings is 2. The minimum absolute atomic E-state index is 0.755. The van der Waals surface area contributed by atoms with E-state index < -0.39 is 0 Å². The molecule has 2 rings (SSSR count). The molecule has 0 saturated heterocycles. The van der Waals surface area contributed by atoms with Crippen LogP contribution in [-0.4, -0.2) is 9.97 Å². The topological polar surface area (TPSA) is 25.8 Å². The SMILES string of the molecule is C#CC#Cc1cccnc1-c1ccccn1. The average Bonchev–Trinajstić information content (AvgIpc) is 2.38. The summed E-state index contributed by atoms with van der Waals surface area (Å²) < 4.78 is 0. The van der Waals surface area contributed by atoms with Crippen molar-refractivity contribution in [1.82, 2.24) is 9.97 Å². The van der Waals surface area contributed by atoms with E-state index in [2.05, 4.69) is 27.7 Å². The fraction of sp³-hybridized carbons (Fsp3) is 0. The van der Waals surface area contributed by atoms with Crippen molar-refractivity contribution in [2.75, 3.05) is 0 Å². The summed E-state index contributed by atoms with van der Waals surface area (Å²) in [5.74, 6) is 7.74. The van der Waals surface area contributed by atoms with Gasteiger partial charge in [-0.2, -0.15) is 0 Å². The smallest absolute Gasteiger partial charge is 0.104 e. The summed E-state index contributed by atoms with van der Waals surface area (Å²) in [5, 5.41) is 0. The van der Waals surface area contributed by atoms with E-state index in [1.807, 2.05) is 30.3 Å². The molecule has 0 N–H and O–H groups in total. The van der Waals surface area contributed by atoms with Gasteiger partial charge in [0.15, 0.2) is 0 Å². The quantitative estimate of drug-likeness (QED) is 0.665. The third kappa shape index (κ3) is 2.08. The lowest BCUT2D eigenvalue weighted by molar-refractivity contribution is 1.24. The van der Waals surface area contributed by atoms with Gasteiger partial charge in [0.25, 0.3) is 0 Å². The first kappa shape index (κ1) is 9.96. The first-order valence-corrected chi connectivity index (χ1v) is 4.75. The first-order valence-electron chi connectivity index (χ1n) is 4.75. The van der Waals surface area contributed by atoms with Crippen LogP contribution in [0.3, 0.4) is 0 Å². The van der Waals surface area contributed by atoms with Crippen molar-refractivity contribution in [2.24, 2.45) is 0 Å². The molecule has 2 aromatic rings. The van der Waals surface area contributed by atoms with E-state index >= 15 is 0 Å². The molecule has 0 radical (unpaired) electrons. The van der Waals surface area contributed by atoms with Gasteiger partial charge in [0.1, 0.15) is 5.69 Å². The highest BCUT2D eigenvalue weighted by Gasteiger charge is 2.04. The Hall–Kier alpha value is -2.58. The zero-order chi connectivity index (χ0) is 11.2. The van der Waals surface area contributed by atoms with E-state index in [1.165, 1.54) is 0 Å². The maximum atomic E-state index is 5.11. The zero-order valence-electron chi connectivity index (χ0n) is 8.51. The number of terminal acetylenes is 1. The third-order valence-electron chi connectivity index (χ3n) is 1.98. The molecule has 2 nitrogen and oxygen atoms in total. The van der Waals surface area contributed by atoms with Gasteiger partial charge in [-0.3, -0.25) is 9.97 Å². The minimum Gasteiger partial charge on any atom is -0.255 e. The van der Waals surface area contributed by atoms with Crippen molar-refractivity contribution in [3.8, 4) is 35.6 Å². The molecule has 0 atom stereocenters. The van der Waals surface area contributed by atoms with Crippen molar-refractivity contribution in [3.63, 3.8) is 0 Å². The van der Waals surface area contributed by atoms with Crippen LogP contribution in [0.4, 0.5) is 0 Å². The van der Waals surface area contributed by atoms with Gasteiger partial charge in [0, 0.05) is 12.4 Å². The Labute approximate surface area is 94.4 Å². The molecule has 0 spiro atoms. The average molecular weight is 204 g/mol. The Morgan fingerprint density at radius 3 is 2.62 bits per heavy atom. The molecule has 0 aliphatic carbocycles. The molecule has 0 saturated carbocycles. The second-order valence-corrected chi connectivity index (χ2v) is 3.01. The van der Waals surface area contributed by atoms with Crippen molar-refractivity contribution < 1.29 is 0 Å². The Bertz CT molecular complexity index is 583. The molecule has 2 heterocycles. The zero-order valence-corrected chi connectivity index (χ0v) is 8.51. The van der Waals surface area contributed by atoms with Crippen molar-refractivity contribution in [3.05, 3.63) is 48.3 Å². The van der Waals surface area contributed by atoms with Crippen LogP contribution in [0.25, 0.3) is 11.4 Å². The van der Waals surface area contributed by atoms with Crippen molar-refractivity contribution in [2.45, 2.75) is 0 Å². The molecule has 0 amide bonds. The second kappa shape index (κ2) is 4.77. The molecule has 0 aliphatic heterocycles. The number of hydrogen-bond donors (Lipinski definition) is 0. The van der Waals surface area contributed by atoms with Gasteiger partial charge in [0.05, 0.1) is 11.3 Å². The fourth-order valence-corrected chi connectivity index (χ4v) is 1.32. The lowest BCUT2D eigenvalue weighted by atomic mass is 10.1. The molecule has 0 unspecified atom stereocenters. The number of rotatable bonds is 1. The lowest BCUT2D eigenvalue weighted by Crippen LogP contribution is -1.90. The molecule has 2 aromatic heterocycles. The Morgan fingerprint density at radius 1 is 1.00 bits per heavy atom. The molecule has 0 fully saturated rings. The molecule has 0 aliphatic rings. The van der Waals surface area contributed by atoms with Crippen LogP contribution in [0.15, 0.2) is 42.7 Å². The van der Waals surface area contributed by atoms with Crippen LogP contribution in [0.5, 0.6) is 0 Å². The predicted molar refractivity (Wildman–Crippen MR) is 63.2 cm³/mol. The second-order valence-electron chi connectivity index (χ2n) is 3.01. The number of aromatic nitrogens is 2. The van der Waals surface area contributed by atoms with E-state index in [9.17, 15) is 0 Å². The third-order valence-corrected chi connectivity index (χ3v) is 1.98. The Balaban J connectivity index is 2.54. The van der Waals surface area contributed by atoms with Gasteiger partial charge >= 0.3 is 0 Å².